The third-order valence-electron chi connectivity index (χ3n) is 5.43. The molecule has 3 aromatic heterocycles. The summed E-state index contributed by atoms with van der Waals surface area (Å²) in [6.45, 7) is 4.02. The zero-order valence-corrected chi connectivity index (χ0v) is 19.9. The Morgan fingerprint density at radius 1 is 0.972 bits per heavy atom. The van der Waals surface area contributed by atoms with E-state index in [0.717, 1.165) is 22.4 Å². The van der Waals surface area contributed by atoms with Crippen LogP contribution in [0.3, 0.4) is 0 Å². The van der Waals surface area contributed by atoms with Gasteiger partial charge in [-0.05, 0) is 53.6 Å². The predicted octanol–water partition coefficient (Wildman–Crippen LogP) is 4.03. The van der Waals surface area contributed by atoms with E-state index in [-0.39, 0.29) is 18.4 Å². The van der Waals surface area contributed by atoms with Gasteiger partial charge in [-0.3, -0.25) is 0 Å². The highest BCUT2D eigenvalue weighted by Crippen LogP contribution is 2.27. The molecule has 0 aliphatic heterocycles. The van der Waals surface area contributed by atoms with Gasteiger partial charge < -0.3 is 14.0 Å². The van der Waals surface area contributed by atoms with E-state index in [1.165, 1.54) is 4.68 Å². The molecule has 2 aromatic carbocycles. The van der Waals surface area contributed by atoms with Crippen LogP contribution in [0.1, 0.15) is 28.4 Å². The zero-order chi connectivity index (χ0) is 24.9. The molecule has 11 heteroatoms. The Balaban J connectivity index is 1.27. The number of oxime groups is 1. The molecule has 0 spiro atoms. The quantitative estimate of drug-likeness (QED) is 0.238. The van der Waals surface area contributed by atoms with E-state index < -0.39 is 0 Å². The minimum Gasteiger partial charge on any atom is -0.455 e. The Bertz CT molecular complexity index is 1490. The van der Waals surface area contributed by atoms with Crippen LogP contribution >= 0.6 is 0 Å². The zero-order valence-electron chi connectivity index (χ0n) is 19.9. The van der Waals surface area contributed by atoms with Crippen molar-refractivity contribution in [1.82, 2.24) is 35.4 Å². The van der Waals surface area contributed by atoms with Crippen LogP contribution in [0.25, 0.3) is 11.6 Å². The summed E-state index contributed by atoms with van der Waals surface area (Å²) in [6, 6.07) is 19.0. The Hall–Kier alpha value is -4.93. The predicted molar refractivity (Wildman–Crippen MR) is 129 cm³/mol. The molecule has 0 N–H and O–H groups in total. The molecule has 0 aliphatic rings. The van der Waals surface area contributed by atoms with E-state index in [9.17, 15) is 0 Å². The van der Waals surface area contributed by atoms with Gasteiger partial charge in [-0.1, -0.05) is 47.6 Å². The third kappa shape index (κ3) is 4.94. The molecule has 0 aliphatic carbocycles. The summed E-state index contributed by atoms with van der Waals surface area (Å²) < 4.78 is 13.2. The van der Waals surface area contributed by atoms with Crippen LogP contribution in [0.2, 0.25) is 0 Å². The van der Waals surface area contributed by atoms with Gasteiger partial charge in [0.05, 0.1) is 6.20 Å². The number of nitrogens with zero attached hydrogens (tertiary/aromatic N) is 8. The van der Waals surface area contributed by atoms with E-state index >= 15 is 0 Å². The molecule has 0 unspecified atom stereocenters. The first-order valence-electron chi connectivity index (χ1n) is 11.1. The van der Waals surface area contributed by atoms with Crippen LogP contribution in [0.4, 0.5) is 0 Å². The van der Waals surface area contributed by atoms with Crippen LogP contribution in [0.5, 0.6) is 11.5 Å². The Morgan fingerprint density at radius 2 is 1.83 bits per heavy atom. The SMILES string of the molecule is Cc1cccc(Oc2ccc(-c3nnc(CO/N=C(/c4ccccc4)c4nnnn4C)o3)nc2)c1C. The van der Waals surface area contributed by atoms with Crippen molar-refractivity contribution in [3.63, 3.8) is 0 Å². The third-order valence-corrected chi connectivity index (χ3v) is 5.43. The normalized spacial score (nSPS) is 11.5. The summed E-state index contributed by atoms with van der Waals surface area (Å²) >= 11 is 0. The number of hydrogen-bond acceptors (Lipinski definition) is 10. The van der Waals surface area contributed by atoms with E-state index in [1.54, 1.807) is 25.4 Å². The number of benzene rings is 2. The van der Waals surface area contributed by atoms with Gasteiger partial charge >= 0.3 is 0 Å². The van der Waals surface area contributed by atoms with Crippen molar-refractivity contribution in [3.05, 3.63) is 95.3 Å². The van der Waals surface area contributed by atoms with Gasteiger partial charge in [-0.15, -0.1) is 15.3 Å². The minimum atomic E-state index is -0.0392. The van der Waals surface area contributed by atoms with Gasteiger partial charge in [0.1, 0.15) is 17.2 Å². The summed E-state index contributed by atoms with van der Waals surface area (Å²) in [7, 11) is 1.73. The smallest absolute Gasteiger partial charge is 0.266 e. The number of ether oxygens (including phenoxy) is 1. The van der Waals surface area contributed by atoms with Crippen molar-refractivity contribution >= 4 is 5.71 Å². The fourth-order valence-corrected chi connectivity index (χ4v) is 3.35. The maximum Gasteiger partial charge on any atom is 0.266 e. The molecule has 0 amide bonds. The number of pyridine rings is 1. The van der Waals surface area contributed by atoms with Gasteiger partial charge in [-0.2, -0.15) is 0 Å². The second-order valence-electron chi connectivity index (χ2n) is 7.89. The van der Waals surface area contributed by atoms with Gasteiger partial charge in [0, 0.05) is 12.6 Å². The summed E-state index contributed by atoms with van der Waals surface area (Å²) in [5.74, 6) is 2.36. The van der Waals surface area contributed by atoms with Crippen LogP contribution in [-0.4, -0.2) is 41.1 Å². The Labute approximate surface area is 206 Å². The van der Waals surface area contributed by atoms with E-state index in [1.807, 2.05) is 62.4 Å². The number of aryl methyl sites for hydroxylation is 2. The number of hydrogen-bond donors (Lipinski definition) is 0. The maximum absolute atomic E-state index is 5.96. The van der Waals surface area contributed by atoms with Crippen molar-refractivity contribution in [1.29, 1.82) is 0 Å². The molecule has 0 radical (unpaired) electrons. The lowest BCUT2D eigenvalue weighted by Crippen LogP contribution is -2.12. The largest absolute Gasteiger partial charge is 0.455 e. The second kappa shape index (κ2) is 10.1. The molecule has 5 rings (SSSR count). The van der Waals surface area contributed by atoms with Crippen LogP contribution in [0.15, 0.2) is 76.4 Å². The van der Waals surface area contributed by atoms with Crippen molar-refractivity contribution < 1.29 is 14.0 Å². The lowest BCUT2D eigenvalue weighted by atomic mass is 10.1. The van der Waals surface area contributed by atoms with Crippen molar-refractivity contribution in [3.8, 4) is 23.1 Å². The van der Waals surface area contributed by atoms with E-state index in [2.05, 4.69) is 35.9 Å². The molecular weight excluding hydrogens is 460 g/mol. The highest BCUT2D eigenvalue weighted by molar-refractivity contribution is 6.10. The standard InChI is InChI=1S/C25H22N8O3/c1-16-8-7-11-21(17(16)2)35-19-12-13-20(26-14-19)25-29-27-22(36-25)15-34-30-23(18-9-5-4-6-10-18)24-28-31-32-33(24)3/h4-14H,15H2,1-3H3/b30-23-. The average molecular weight is 483 g/mol. The number of aromatic nitrogens is 7. The fourth-order valence-electron chi connectivity index (χ4n) is 3.35. The first-order chi connectivity index (χ1) is 17.6. The van der Waals surface area contributed by atoms with Crippen LogP contribution in [0, 0.1) is 13.8 Å². The Kier molecular flexibility index (Phi) is 6.43. The summed E-state index contributed by atoms with van der Waals surface area (Å²) in [4.78, 5) is 9.90. The van der Waals surface area contributed by atoms with Crippen LogP contribution in [-0.2, 0) is 18.5 Å². The van der Waals surface area contributed by atoms with Gasteiger partial charge in [0.2, 0.25) is 5.82 Å². The Morgan fingerprint density at radius 3 is 2.58 bits per heavy atom. The molecule has 36 heavy (non-hydrogen) atoms. The fraction of sp³-hybridized carbons (Fsp3) is 0.160. The molecular formula is C25H22N8O3. The first-order valence-corrected chi connectivity index (χ1v) is 11.1. The highest BCUT2D eigenvalue weighted by atomic mass is 16.6. The summed E-state index contributed by atoms with van der Waals surface area (Å²) in [5, 5.41) is 23.9. The molecule has 3 heterocycles. The molecule has 180 valence electrons. The lowest BCUT2D eigenvalue weighted by Gasteiger charge is -2.10. The van der Waals surface area contributed by atoms with Crippen molar-refractivity contribution in [2.24, 2.45) is 12.2 Å². The molecule has 0 saturated heterocycles. The first kappa shape index (κ1) is 22.8. The van der Waals surface area contributed by atoms with Crippen molar-refractivity contribution in [2.75, 3.05) is 0 Å². The van der Waals surface area contributed by atoms with Gasteiger partial charge in [0.15, 0.2) is 12.3 Å². The number of tetrazole rings is 1. The van der Waals surface area contributed by atoms with E-state index in [4.69, 9.17) is 14.0 Å². The minimum absolute atomic E-state index is 0.0392. The molecule has 0 saturated carbocycles. The van der Waals surface area contributed by atoms with Gasteiger partial charge in [0.25, 0.3) is 11.8 Å². The maximum atomic E-state index is 5.96. The summed E-state index contributed by atoms with van der Waals surface area (Å²) in [5.41, 5.74) is 4.03. The highest BCUT2D eigenvalue weighted by Gasteiger charge is 2.16. The lowest BCUT2D eigenvalue weighted by molar-refractivity contribution is 0.111. The molecule has 0 fully saturated rings. The topological polar surface area (TPSA) is 126 Å². The van der Waals surface area contributed by atoms with E-state index in [0.29, 0.717) is 23.0 Å². The molecule has 0 atom stereocenters. The van der Waals surface area contributed by atoms with Crippen LogP contribution < -0.4 is 4.74 Å². The molecule has 11 nitrogen and oxygen atoms in total. The number of rotatable bonds is 8. The van der Waals surface area contributed by atoms with Gasteiger partial charge in [-0.25, -0.2) is 9.67 Å². The average Bonchev–Trinajstić information content (AvgIpc) is 3.55. The summed E-state index contributed by atoms with van der Waals surface area (Å²) in [6.07, 6.45) is 1.61. The molecule has 5 aromatic rings. The molecule has 0 bridgehead atoms. The second-order valence-corrected chi connectivity index (χ2v) is 7.89. The van der Waals surface area contributed by atoms with Crippen molar-refractivity contribution in [2.45, 2.75) is 20.5 Å². The monoisotopic (exact) mass is 482 g/mol.